The van der Waals surface area contributed by atoms with Crippen LogP contribution >= 0.6 is 0 Å². The highest BCUT2D eigenvalue weighted by atomic mass is 16.1. The molecule has 0 aliphatic carbocycles. The fourth-order valence-electron chi connectivity index (χ4n) is 3.48. The minimum absolute atomic E-state index is 0.0401. The number of anilines is 1. The first-order valence-electron chi connectivity index (χ1n) is 9.63. The molecule has 1 aliphatic rings. The summed E-state index contributed by atoms with van der Waals surface area (Å²) in [6.45, 7) is 12.0. The number of piperidine rings is 1. The standard InChI is InChI=1S/C20H30N6O/c1-14(17-13-26(20(3,4)5)24-15(17)2)23-19(27)16-6-10-25(11-7-16)18-12-21-8-9-22-18/h8-9,12-14,16H,6-7,10-11H2,1-5H3,(H,23,27). The van der Waals surface area contributed by atoms with Gasteiger partial charge in [-0.15, -0.1) is 0 Å². The van der Waals surface area contributed by atoms with Crippen molar-refractivity contribution < 1.29 is 4.79 Å². The average Bonchev–Trinajstić information content (AvgIpc) is 3.05. The van der Waals surface area contributed by atoms with E-state index in [1.54, 1.807) is 18.6 Å². The number of hydrogen-bond acceptors (Lipinski definition) is 5. The van der Waals surface area contributed by atoms with Crippen LogP contribution in [0.5, 0.6) is 0 Å². The van der Waals surface area contributed by atoms with Crippen LogP contribution in [0.15, 0.2) is 24.8 Å². The van der Waals surface area contributed by atoms with Gasteiger partial charge in [0.05, 0.1) is 23.5 Å². The van der Waals surface area contributed by atoms with E-state index in [-0.39, 0.29) is 23.4 Å². The monoisotopic (exact) mass is 370 g/mol. The molecule has 3 rings (SSSR count). The number of nitrogens with zero attached hydrogens (tertiary/aromatic N) is 5. The van der Waals surface area contributed by atoms with Gasteiger partial charge in [0.2, 0.25) is 5.91 Å². The minimum atomic E-state index is -0.0695. The summed E-state index contributed by atoms with van der Waals surface area (Å²) in [6.07, 6.45) is 8.87. The van der Waals surface area contributed by atoms with Gasteiger partial charge in [0.1, 0.15) is 5.82 Å². The summed E-state index contributed by atoms with van der Waals surface area (Å²) in [7, 11) is 0. The van der Waals surface area contributed by atoms with Gasteiger partial charge in [-0.05, 0) is 47.5 Å². The molecule has 146 valence electrons. The first-order valence-corrected chi connectivity index (χ1v) is 9.63. The topological polar surface area (TPSA) is 75.9 Å². The van der Waals surface area contributed by atoms with Gasteiger partial charge in [-0.25, -0.2) is 4.98 Å². The lowest BCUT2D eigenvalue weighted by atomic mass is 9.95. The van der Waals surface area contributed by atoms with Crippen LogP contribution in [0.4, 0.5) is 5.82 Å². The van der Waals surface area contributed by atoms with E-state index in [1.807, 2.05) is 18.5 Å². The molecular weight excluding hydrogens is 340 g/mol. The highest BCUT2D eigenvalue weighted by Gasteiger charge is 2.27. The number of rotatable bonds is 4. The molecule has 0 spiro atoms. The van der Waals surface area contributed by atoms with Crippen molar-refractivity contribution in [2.24, 2.45) is 5.92 Å². The molecule has 0 radical (unpaired) electrons. The Morgan fingerprint density at radius 3 is 2.52 bits per heavy atom. The summed E-state index contributed by atoms with van der Waals surface area (Å²) in [5.74, 6) is 1.05. The largest absolute Gasteiger partial charge is 0.355 e. The Balaban J connectivity index is 1.57. The van der Waals surface area contributed by atoms with Crippen LogP contribution in [0, 0.1) is 12.8 Å². The highest BCUT2D eigenvalue weighted by molar-refractivity contribution is 5.79. The van der Waals surface area contributed by atoms with Crippen LogP contribution in [0.2, 0.25) is 0 Å². The number of amides is 1. The lowest BCUT2D eigenvalue weighted by Crippen LogP contribution is -2.41. The van der Waals surface area contributed by atoms with Crippen molar-refractivity contribution in [2.45, 2.75) is 59.0 Å². The van der Waals surface area contributed by atoms with Gasteiger partial charge in [0, 0.05) is 43.2 Å². The van der Waals surface area contributed by atoms with Crippen LogP contribution in [-0.2, 0) is 10.3 Å². The number of carbonyl (C=O) groups excluding carboxylic acids is 1. The van der Waals surface area contributed by atoms with Gasteiger partial charge in [-0.3, -0.25) is 14.5 Å². The van der Waals surface area contributed by atoms with Crippen LogP contribution in [0.25, 0.3) is 0 Å². The van der Waals surface area contributed by atoms with Crippen LogP contribution in [0.3, 0.4) is 0 Å². The zero-order valence-corrected chi connectivity index (χ0v) is 16.9. The number of aromatic nitrogens is 4. The molecule has 1 N–H and O–H groups in total. The summed E-state index contributed by atoms with van der Waals surface area (Å²) < 4.78 is 1.97. The van der Waals surface area contributed by atoms with Crippen molar-refractivity contribution in [1.29, 1.82) is 0 Å². The second kappa shape index (κ2) is 7.66. The van der Waals surface area contributed by atoms with Crippen molar-refractivity contribution in [3.05, 3.63) is 36.0 Å². The molecule has 1 amide bonds. The third-order valence-corrected chi connectivity index (χ3v) is 5.19. The lowest BCUT2D eigenvalue weighted by Gasteiger charge is -2.32. The molecule has 2 aromatic rings. The Labute approximate surface area is 161 Å². The van der Waals surface area contributed by atoms with Crippen molar-refractivity contribution in [2.75, 3.05) is 18.0 Å². The van der Waals surface area contributed by atoms with E-state index in [9.17, 15) is 4.79 Å². The number of aryl methyl sites for hydroxylation is 1. The third-order valence-electron chi connectivity index (χ3n) is 5.19. The zero-order chi connectivity index (χ0) is 19.6. The molecule has 27 heavy (non-hydrogen) atoms. The normalized spacial score (nSPS) is 17.0. The Bertz CT molecular complexity index is 772. The molecular formula is C20H30N6O. The molecule has 0 saturated carbocycles. The van der Waals surface area contributed by atoms with E-state index in [0.717, 1.165) is 43.0 Å². The second-order valence-corrected chi connectivity index (χ2v) is 8.34. The van der Waals surface area contributed by atoms with E-state index in [4.69, 9.17) is 0 Å². The fraction of sp³-hybridized carbons (Fsp3) is 0.600. The quantitative estimate of drug-likeness (QED) is 0.896. The van der Waals surface area contributed by atoms with Crippen LogP contribution in [-0.4, -0.2) is 38.7 Å². The molecule has 1 unspecified atom stereocenters. The predicted molar refractivity (Wildman–Crippen MR) is 105 cm³/mol. The van der Waals surface area contributed by atoms with E-state index in [2.05, 4.69) is 52.3 Å². The van der Waals surface area contributed by atoms with Gasteiger partial charge in [0.15, 0.2) is 0 Å². The first-order chi connectivity index (χ1) is 12.8. The maximum absolute atomic E-state index is 12.8. The highest BCUT2D eigenvalue weighted by Crippen LogP contribution is 2.24. The summed E-state index contributed by atoms with van der Waals surface area (Å²) in [6, 6.07) is -0.0494. The van der Waals surface area contributed by atoms with Crippen LogP contribution in [0.1, 0.15) is 57.8 Å². The molecule has 2 aromatic heterocycles. The molecule has 0 aromatic carbocycles. The first kappa shape index (κ1) is 19.3. The van der Waals surface area contributed by atoms with Gasteiger partial charge in [-0.1, -0.05) is 0 Å². The van der Waals surface area contributed by atoms with Gasteiger partial charge >= 0.3 is 0 Å². The summed E-state index contributed by atoms with van der Waals surface area (Å²) >= 11 is 0. The molecule has 1 atom stereocenters. The van der Waals surface area contributed by atoms with Gasteiger partial charge in [-0.2, -0.15) is 5.10 Å². The molecule has 1 saturated heterocycles. The Kier molecular flexibility index (Phi) is 5.48. The van der Waals surface area contributed by atoms with Crippen molar-refractivity contribution in [3.8, 4) is 0 Å². The van der Waals surface area contributed by atoms with E-state index in [1.165, 1.54) is 0 Å². The van der Waals surface area contributed by atoms with E-state index >= 15 is 0 Å². The molecule has 1 aliphatic heterocycles. The summed E-state index contributed by atoms with van der Waals surface area (Å²) in [5.41, 5.74) is 1.98. The fourth-order valence-corrected chi connectivity index (χ4v) is 3.48. The van der Waals surface area contributed by atoms with E-state index in [0.29, 0.717) is 0 Å². The smallest absolute Gasteiger partial charge is 0.223 e. The maximum atomic E-state index is 12.8. The van der Waals surface area contributed by atoms with Crippen molar-refractivity contribution in [3.63, 3.8) is 0 Å². The minimum Gasteiger partial charge on any atom is -0.355 e. The SMILES string of the molecule is Cc1nn(C(C)(C)C)cc1C(C)NC(=O)C1CCN(c2cnccn2)CC1. The molecule has 7 nitrogen and oxygen atoms in total. The zero-order valence-electron chi connectivity index (χ0n) is 16.9. The maximum Gasteiger partial charge on any atom is 0.223 e. The van der Waals surface area contributed by atoms with Gasteiger partial charge in [0.25, 0.3) is 0 Å². The number of nitrogens with one attached hydrogen (secondary N) is 1. The molecule has 1 fully saturated rings. The Hall–Kier alpha value is -2.44. The Morgan fingerprint density at radius 1 is 1.26 bits per heavy atom. The third kappa shape index (κ3) is 4.46. The molecule has 0 bridgehead atoms. The van der Waals surface area contributed by atoms with E-state index < -0.39 is 0 Å². The predicted octanol–water partition coefficient (Wildman–Crippen LogP) is 2.83. The van der Waals surface area contributed by atoms with Crippen LogP contribution < -0.4 is 10.2 Å². The number of hydrogen-bond donors (Lipinski definition) is 1. The Morgan fingerprint density at radius 2 is 1.96 bits per heavy atom. The number of carbonyl (C=O) groups is 1. The second-order valence-electron chi connectivity index (χ2n) is 8.34. The average molecular weight is 371 g/mol. The van der Waals surface area contributed by atoms with Crippen molar-refractivity contribution in [1.82, 2.24) is 25.1 Å². The molecule has 3 heterocycles. The molecule has 7 heteroatoms. The summed E-state index contributed by atoms with van der Waals surface area (Å²) in [4.78, 5) is 23.4. The van der Waals surface area contributed by atoms with Gasteiger partial charge < -0.3 is 10.2 Å². The lowest BCUT2D eigenvalue weighted by molar-refractivity contribution is -0.126. The van der Waals surface area contributed by atoms with Crippen molar-refractivity contribution >= 4 is 11.7 Å². The summed E-state index contributed by atoms with van der Waals surface area (Å²) in [5, 5.41) is 7.80.